The van der Waals surface area contributed by atoms with Gasteiger partial charge in [0.05, 0.1) is 6.42 Å². The largest absolute Gasteiger partial charge is 0.481 e. The topological polar surface area (TPSA) is 92.0 Å². The Morgan fingerprint density at radius 3 is 2.86 bits per heavy atom. The maximum Gasteiger partial charge on any atom is 0.303 e. The van der Waals surface area contributed by atoms with Crippen LogP contribution in [0.15, 0.2) is 0 Å². The molecule has 0 saturated carbocycles. The van der Waals surface area contributed by atoms with Gasteiger partial charge >= 0.3 is 5.97 Å². The van der Waals surface area contributed by atoms with Gasteiger partial charge in [-0.3, -0.25) is 9.89 Å². The standard InChI is InChI=1S/C9H15N3O2/c1-2-3-6-7(4-5-8(13)14)11-12-9(6)10/h2-5H2,1H3,(H,13,14)(H3,10,11,12). The van der Waals surface area contributed by atoms with Crippen LogP contribution in [-0.2, 0) is 17.6 Å². The van der Waals surface area contributed by atoms with Gasteiger partial charge < -0.3 is 10.8 Å². The van der Waals surface area contributed by atoms with Crippen LogP contribution in [0.5, 0.6) is 0 Å². The van der Waals surface area contributed by atoms with E-state index in [4.69, 9.17) is 10.8 Å². The molecule has 1 heterocycles. The lowest BCUT2D eigenvalue weighted by atomic mass is 10.1. The molecule has 0 atom stereocenters. The van der Waals surface area contributed by atoms with Gasteiger partial charge in [0.25, 0.3) is 0 Å². The van der Waals surface area contributed by atoms with Crippen molar-refractivity contribution in [3.05, 3.63) is 11.3 Å². The molecule has 1 rings (SSSR count). The number of anilines is 1. The van der Waals surface area contributed by atoms with E-state index in [9.17, 15) is 4.79 Å². The molecular weight excluding hydrogens is 182 g/mol. The fraction of sp³-hybridized carbons (Fsp3) is 0.556. The fourth-order valence-electron chi connectivity index (χ4n) is 1.38. The molecule has 0 radical (unpaired) electrons. The van der Waals surface area contributed by atoms with Crippen LogP contribution < -0.4 is 5.73 Å². The number of carboxylic acids is 1. The molecule has 0 amide bonds. The van der Waals surface area contributed by atoms with Crippen molar-refractivity contribution in [2.45, 2.75) is 32.6 Å². The van der Waals surface area contributed by atoms with Crippen LogP contribution in [0.4, 0.5) is 5.82 Å². The first-order valence-corrected chi connectivity index (χ1v) is 4.68. The van der Waals surface area contributed by atoms with Gasteiger partial charge in [0.1, 0.15) is 5.82 Å². The molecule has 0 bridgehead atoms. The molecule has 78 valence electrons. The van der Waals surface area contributed by atoms with Crippen molar-refractivity contribution in [1.29, 1.82) is 0 Å². The number of aromatic amines is 1. The summed E-state index contributed by atoms with van der Waals surface area (Å²) in [6, 6.07) is 0. The van der Waals surface area contributed by atoms with E-state index < -0.39 is 5.97 Å². The number of nitrogen functional groups attached to an aromatic ring is 1. The van der Waals surface area contributed by atoms with Crippen LogP contribution in [-0.4, -0.2) is 21.3 Å². The summed E-state index contributed by atoms with van der Waals surface area (Å²) in [5, 5.41) is 15.2. The number of H-pyrrole nitrogens is 1. The number of hydrogen-bond acceptors (Lipinski definition) is 3. The number of aromatic nitrogens is 2. The van der Waals surface area contributed by atoms with Gasteiger partial charge in [-0.15, -0.1) is 0 Å². The number of carboxylic acid groups (broad SMARTS) is 1. The monoisotopic (exact) mass is 197 g/mol. The number of rotatable bonds is 5. The van der Waals surface area contributed by atoms with Crippen molar-refractivity contribution in [3.8, 4) is 0 Å². The summed E-state index contributed by atoms with van der Waals surface area (Å²) < 4.78 is 0. The zero-order valence-corrected chi connectivity index (χ0v) is 8.21. The lowest BCUT2D eigenvalue weighted by Gasteiger charge is -2.00. The van der Waals surface area contributed by atoms with Crippen LogP contribution in [0.2, 0.25) is 0 Å². The van der Waals surface area contributed by atoms with Gasteiger partial charge in [-0.05, 0) is 12.8 Å². The molecule has 5 nitrogen and oxygen atoms in total. The zero-order chi connectivity index (χ0) is 10.6. The van der Waals surface area contributed by atoms with Crippen LogP contribution in [0, 0.1) is 0 Å². The van der Waals surface area contributed by atoms with E-state index in [2.05, 4.69) is 10.2 Å². The normalized spacial score (nSPS) is 10.4. The van der Waals surface area contributed by atoms with Crippen LogP contribution >= 0.6 is 0 Å². The molecule has 0 spiro atoms. The molecule has 1 aromatic heterocycles. The molecule has 0 unspecified atom stereocenters. The highest BCUT2D eigenvalue weighted by atomic mass is 16.4. The van der Waals surface area contributed by atoms with Crippen molar-refractivity contribution in [3.63, 3.8) is 0 Å². The molecule has 0 aliphatic heterocycles. The molecular formula is C9H15N3O2. The Hall–Kier alpha value is -1.52. The fourth-order valence-corrected chi connectivity index (χ4v) is 1.38. The van der Waals surface area contributed by atoms with Gasteiger partial charge in [0.2, 0.25) is 0 Å². The quantitative estimate of drug-likeness (QED) is 0.655. The van der Waals surface area contributed by atoms with Crippen LogP contribution in [0.3, 0.4) is 0 Å². The third-order valence-corrected chi connectivity index (χ3v) is 2.07. The molecule has 0 fully saturated rings. The Kier molecular flexibility index (Phi) is 3.50. The van der Waals surface area contributed by atoms with Crippen molar-refractivity contribution < 1.29 is 9.90 Å². The van der Waals surface area contributed by atoms with Gasteiger partial charge in [-0.1, -0.05) is 13.3 Å². The molecule has 0 aromatic carbocycles. The van der Waals surface area contributed by atoms with E-state index in [1.54, 1.807) is 0 Å². The van der Waals surface area contributed by atoms with Crippen molar-refractivity contribution in [2.75, 3.05) is 5.73 Å². The van der Waals surface area contributed by atoms with E-state index in [1.807, 2.05) is 6.92 Å². The first kappa shape index (κ1) is 10.6. The average Bonchev–Trinajstić information content (AvgIpc) is 2.46. The number of nitrogens with two attached hydrogens (primary N) is 1. The average molecular weight is 197 g/mol. The number of nitrogens with zero attached hydrogens (tertiary/aromatic N) is 1. The van der Waals surface area contributed by atoms with E-state index in [0.717, 1.165) is 24.1 Å². The minimum Gasteiger partial charge on any atom is -0.481 e. The predicted molar refractivity (Wildman–Crippen MR) is 53.0 cm³/mol. The highest BCUT2D eigenvalue weighted by Gasteiger charge is 2.10. The molecule has 0 saturated heterocycles. The summed E-state index contributed by atoms with van der Waals surface area (Å²) in [4.78, 5) is 10.4. The van der Waals surface area contributed by atoms with Gasteiger partial charge in [0.15, 0.2) is 0 Å². The number of hydrogen-bond donors (Lipinski definition) is 3. The maximum atomic E-state index is 10.4. The number of carbonyl (C=O) groups is 1. The van der Waals surface area contributed by atoms with E-state index >= 15 is 0 Å². The minimum atomic E-state index is -0.805. The third kappa shape index (κ3) is 2.48. The van der Waals surface area contributed by atoms with Crippen LogP contribution in [0.25, 0.3) is 0 Å². The van der Waals surface area contributed by atoms with Gasteiger partial charge in [0, 0.05) is 11.3 Å². The molecule has 5 heteroatoms. The second kappa shape index (κ2) is 4.64. The number of aliphatic carboxylic acids is 1. The van der Waals surface area contributed by atoms with Crippen molar-refractivity contribution in [2.24, 2.45) is 0 Å². The second-order valence-electron chi connectivity index (χ2n) is 3.21. The minimum absolute atomic E-state index is 0.109. The zero-order valence-electron chi connectivity index (χ0n) is 8.21. The molecule has 14 heavy (non-hydrogen) atoms. The summed E-state index contributed by atoms with van der Waals surface area (Å²) >= 11 is 0. The van der Waals surface area contributed by atoms with Crippen molar-refractivity contribution >= 4 is 11.8 Å². The first-order valence-electron chi connectivity index (χ1n) is 4.68. The van der Waals surface area contributed by atoms with Gasteiger partial charge in [-0.2, -0.15) is 5.10 Å². The highest BCUT2D eigenvalue weighted by Crippen LogP contribution is 2.16. The summed E-state index contributed by atoms with van der Waals surface area (Å²) in [7, 11) is 0. The first-order chi connectivity index (χ1) is 6.65. The molecule has 0 aliphatic rings. The van der Waals surface area contributed by atoms with E-state index in [1.165, 1.54) is 0 Å². The number of nitrogens with one attached hydrogen (secondary N) is 1. The molecule has 1 aromatic rings. The lowest BCUT2D eigenvalue weighted by Crippen LogP contribution is -2.00. The van der Waals surface area contributed by atoms with E-state index in [-0.39, 0.29) is 6.42 Å². The SMILES string of the molecule is CCCc1c(N)n[nH]c1CCC(=O)O. The van der Waals surface area contributed by atoms with Gasteiger partial charge in [-0.25, -0.2) is 0 Å². The second-order valence-corrected chi connectivity index (χ2v) is 3.21. The Labute approximate surface area is 82.3 Å². The molecule has 0 aliphatic carbocycles. The predicted octanol–water partition coefficient (Wildman–Crippen LogP) is 0.962. The maximum absolute atomic E-state index is 10.4. The van der Waals surface area contributed by atoms with Crippen molar-refractivity contribution in [1.82, 2.24) is 10.2 Å². The summed E-state index contributed by atoms with van der Waals surface area (Å²) in [5.41, 5.74) is 7.46. The smallest absolute Gasteiger partial charge is 0.303 e. The Balaban J connectivity index is 2.70. The summed E-state index contributed by atoms with van der Waals surface area (Å²) in [6.45, 7) is 2.05. The summed E-state index contributed by atoms with van der Waals surface area (Å²) in [5.74, 6) is -0.312. The number of aryl methyl sites for hydroxylation is 1. The Bertz CT molecular complexity index is 320. The molecule has 4 N–H and O–H groups in total. The Morgan fingerprint density at radius 1 is 1.57 bits per heavy atom. The summed E-state index contributed by atoms with van der Waals surface area (Å²) in [6.07, 6.45) is 2.40. The lowest BCUT2D eigenvalue weighted by molar-refractivity contribution is -0.136. The highest BCUT2D eigenvalue weighted by molar-refractivity contribution is 5.67. The van der Waals surface area contributed by atoms with Crippen LogP contribution in [0.1, 0.15) is 31.0 Å². The van der Waals surface area contributed by atoms with E-state index in [0.29, 0.717) is 12.2 Å². The Morgan fingerprint density at radius 2 is 2.29 bits per heavy atom. The third-order valence-electron chi connectivity index (χ3n) is 2.07.